The summed E-state index contributed by atoms with van der Waals surface area (Å²) in [6.45, 7) is 1.96. The van der Waals surface area contributed by atoms with Crippen molar-refractivity contribution in [2.24, 2.45) is 0 Å². The smallest absolute Gasteiger partial charge is 0.0986 e. The number of aliphatic hydroxyl groups excluding tert-OH is 1. The van der Waals surface area contributed by atoms with E-state index in [0.717, 1.165) is 5.57 Å². The summed E-state index contributed by atoms with van der Waals surface area (Å²) in [7, 11) is 0. The van der Waals surface area contributed by atoms with Gasteiger partial charge in [-0.25, -0.2) is 4.98 Å². The molecule has 1 aromatic rings. The fourth-order valence-electron chi connectivity index (χ4n) is 0.641. The predicted molar refractivity (Wildman–Crippen MR) is 39.3 cm³/mol. The Morgan fingerprint density at radius 2 is 2.60 bits per heavy atom. The molecule has 1 N–H and O–H groups in total. The van der Waals surface area contributed by atoms with Crippen LogP contribution < -0.4 is 0 Å². The Hall–Kier alpha value is -1.09. The van der Waals surface area contributed by atoms with Gasteiger partial charge < -0.3 is 9.67 Å². The van der Waals surface area contributed by atoms with Crippen LogP contribution >= 0.6 is 0 Å². The molecular formula is C7H10N2O. The fraction of sp³-hybridized carbons (Fsp3) is 0.286. The van der Waals surface area contributed by atoms with Crippen LogP contribution in [0.4, 0.5) is 0 Å². The minimum Gasteiger partial charge on any atom is -0.392 e. The van der Waals surface area contributed by atoms with E-state index >= 15 is 0 Å². The van der Waals surface area contributed by atoms with Gasteiger partial charge in [0.1, 0.15) is 0 Å². The SMILES string of the molecule is CC(=Cn1ccnc1)CO. The van der Waals surface area contributed by atoms with Gasteiger partial charge in [0.05, 0.1) is 12.9 Å². The molecular weight excluding hydrogens is 128 g/mol. The van der Waals surface area contributed by atoms with Gasteiger partial charge >= 0.3 is 0 Å². The van der Waals surface area contributed by atoms with Gasteiger partial charge in [-0.3, -0.25) is 0 Å². The molecule has 1 heterocycles. The summed E-state index contributed by atoms with van der Waals surface area (Å²) >= 11 is 0. The van der Waals surface area contributed by atoms with Crippen LogP contribution in [0, 0.1) is 0 Å². The van der Waals surface area contributed by atoms with Crippen molar-refractivity contribution in [2.45, 2.75) is 6.92 Å². The van der Waals surface area contributed by atoms with E-state index in [-0.39, 0.29) is 6.61 Å². The number of aliphatic hydroxyl groups is 1. The highest BCUT2D eigenvalue weighted by atomic mass is 16.3. The second-order valence-corrected chi connectivity index (χ2v) is 2.14. The first-order valence-corrected chi connectivity index (χ1v) is 3.08. The van der Waals surface area contributed by atoms with E-state index in [1.807, 2.05) is 19.3 Å². The predicted octanol–water partition coefficient (Wildman–Crippen LogP) is 0.736. The lowest BCUT2D eigenvalue weighted by molar-refractivity contribution is 0.332. The highest BCUT2D eigenvalue weighted by Crippen LogP contribution is 1.94. The Morgan fingerprint density at radius 3 is 3.10 bits per heavy atom. The van der Waals surface area contributed by atoms with Crippen molar-refractivity contribution in [1.29, 1.82) is 0 Å². The molecule has 0 bridgehead atoms. The molecule has 0 aliphatic carbocycles. The average molecular weight is 138 g/mol. The van der Waals surface area contributed by atoms with E-state index in [9.17, 15) is 0 Å². The third-order valence-corrected chi connectivity index (χ3v) is 1.14. The molecule has 54 valence electrons. The van der Waals surface area contributed by atoms with Crippen LogP contribution in [-0.4, -0.2) is 21.3 Å². The number of imidazole rings is 1. The van der Waals surface area contributed by atoms with Gasteiger partial charge in [-0.1, -0.05) is 0 Å². The summed E-state index contributed by atoms with van der Waals surface area (Å²) in [5, 5.41) is 8.63. The van der Waals surface area contributed by atoms with Gasteiger partial charge in [-0.05, 0) is 12.5 Å². The first kappa shape index (κ1) is 7.02. The molecule has 3 heteroatoms. The highest BCUT2D eigenvalue weighted by molar-refractivity contribution is 5.28. The van der Waals surface area contributed by atoms with Crippen LogP contribution in [0.1, 0.15) is 6.92 Å². The van der Waals surface area contributed by atoms with Gasteiger partial charge in [-0.15, -0.1) is 0 Å². The summed E-state index contributed by atoms with van der Waals surface area (Å²) < 4.78 is 1.80. The minimum atomic E-state index is 0.0954. The molecule has 0 unspecified atom stereocenters. The quantitative estimate of drug-likeness (QED) is 0.654. The molecule has 0 amide bonds. The van der Waals surface area contributed by atoms with Crippen molar-refractivity contribution < 1.29 is 5.11 Å². The van der Waals surface area contributed by atoms with Crippen molar-refractivity contribution in [1.82, 2.24) is 9.55 Å². The van der Waals surface area contributed by atoms with Crippen LogP contribution in [-0.2, 0) is 0 Å². The Kier molecular flexibility index (Phi) is 2.23. The zero-order valence-corrected chi connectivity index (χ0v) is 5.86. The van der Waals surface area contributed by atoms with Crippen LogP contribution in [0.2, 0.25) is 0 Å². The van der Waals surface area contributed by atoms with Gasteiger partial charge in [-0.2, -0.15) is 0 Å². The van der Waals surface area contributed by atoms with Crippen LogP contribution in [0.3, 0.4) is 0 Å². The largest absolute Gasteiger partial charge is 0.392 e. The molecule has 3 nitrogen and oxygen atoms in total. The van der Waals surface area contributed by atoms with Crippen molar-refractivity contribution >= 4 is 6.20 Å². The maximum atomic E-state index is 8.63. The fourth-order valence-corrected chi connectivity index (χ4v) is 0.641. The Bertz CT molecular complexity index is 214. The van der Waals surface area contributed by atoms with Crippen LogP contribution in [0.5, 0.6) is 0 Å². The summed E-state index contributed by atoms with van der Waals surface area (Å²) in [4.78, 5) is 3.85. The average Bonchev–Trinajstić information content (AvgIpc) is 2.40. The maximum absolute atomic E-state index is 8.63. The first-order chi connectivity index (χ1) is 4.83. The molecule has 0 atom stereocenters. The maximum Gasteiger partial charge on any atom is 0.0986 e. The van der Waals surface area contributed by atoms with E-state index in [1.165, 1.54) is 0 Å². The van der Waals surface area contributed by atoms with Crippen LogP contribution in [0.25, 0.3) is 6.20 Å². The molecule has 1 rings (SSSR count). The van der Waals surface area contributed by atoms with Crippen molar-refractivity contribution in [2.75, 3.05) is 6.61 Å². The second kappa shape index (κ2) is 3.17. The third-order valence-electron chi connectivity index (χ3n) is 1.14. The van der Waals surface area contributed by atoms with E-state index in [1.54, 1.807) is 17.1 Å². The molecule has 1 aromatic heterocycles. The van der Waals surface area contributed by atoms with Gasteiger partial charge in [0.25, 0.3) is 0 Å². The number of hydrogen-bond donors (Lipinski definition) is 1. The molecule has 0 saturated carbocycles. The summed E-state index contributed by atoms with van der Waals surface area (Å²) in [5.74, 6) is 0. The first-order valence-electron chi connectivity index (χ1n) is 3.08. The molecule has 0 aromatic carbocycles. The number of hydrogen-bond acceptors (Lipinski definition) is 2. The summed E-state index contributed by atoms with van der Waals surface area (Å²) in [5.41, 5.74) is 0.915. The lowest BCUT2D eigenvalue weighted by atomic mass is 10.4. The number of nitrogens with zero attached hydrogens (tertiary/aromatic N) is 2. The van der Waals surface area contributed by atoms with E-state index in [2.05, 4.69) is 4.98 Å². The van der Waals surface area contributed by atoms with Crippen molar-refractivity contribution in [3.8, 4) is 0 Å². The number of rotatable bonds is 2. The summed E-state index contributed by atoms with van der Waals surface area (Å²) in [6, 6.07) is 0. The zero-order chi connectivity index (χ0) is 7.40. The second-order valence-electron chi connectivity index (χ2n) is 2.14. The minimum absolute atomic E-state index is 0.0954. The molecule has 0 radical (unpaired) electrons. The highest BCUT2D eigenvalue weighted by Gasteiger charge is 1.85. The molecule has 0 aliphatic heterocycles. The van der Waals surface area contributed by atoms with Gasteiger partial charge in [0, 0.05) is 18.6 Å². The van der Waals surface area contributed by atoms with Gasteiger partial charge in [0.2, 0.25) is 0 Å². The molecule has 0 spiro atoms. The zero-order valence-electron chi connectivity index (χ0n) is 5.86. The Morgan fingerprint density at radius 1 is 1.80 bits per heavy atom. The lowest BCUT2D eigenvalue weighted by Crippen LogP contribution is -1.87. The molecule has 0 saturated heterocycles. The molecule has 0 fully saturated rings. The number of aromatic nitrogens is 2. The standard InChI is InChI=1S/C7H10N2O/c1-7(5-10)4-9-3-2-8-6-9/h2-4,6,10H,5H2,1H3. The van der Waals surface area contributed by atoms with Crippen LogP contribution in [0.15, 0.2) is 24.3 Å². The third kappa shape index (κ3) is 1.70. The van der Waals surface area contributed by atoms with E-state index in [4.69, 9.17) is 5.11 Å². The Balaban J connectivity index is 2.71. The molecule has 10 heavy (non-hydrogen) atoms. The normalized spacial score (nSPS) is 12.0. The monoisotopic (exact) mass is 138 g/mol. The van der Waals surface area contributed by atoms with Gasteiger partial charge in [0.15, 0.2) is 0 Å². The van der Waals surface area contributed by atoms with E-state index < -0.39 is 0 Å². The molecule has 0 aliphatic rings. The van der Waals surface area contributed by atoms with E-state index in [0.29, 0.717) is 0 Å². The topological polar surface area (TPSA) is 38.0 Å². The summed E-state index contributed by atoms with van der Waals surface area (Å²) in [6.07, 6.45) is 7.02. The lowest BCUT2D eigenvalue weighted by Gasteiger charge is -1.93. The van der Waals surface area contributed by atoms with Crippen molar-refractivity contribution in [3.63, 3.8) is 0 Å². The van der Waals surface area contributed by atoms with Crippen molar-refractivity contribution in [3.05, 3.63) is 24.3 Å². The Labute approximate surface area is 59.6 Å².